The molecule has 24 heavy (non-hydrogen) atoms. The number of carbonyl (C=O) groups is 1. The van der Waals surface area contributed by atoms with Crippen LogP contribution in [0.15, 0.2) is 34.9 Å². The number of aromatic nitrogens is 1. The van der Waals surface area contributed by atoms with E-state index in [4.69, 9.17) is 20.9 Å². The molecule has 1 aliphatic rings. The molecule has 0 spiro atoms. The van der Waals surface area contributed by atoms with Crippen LogP contribution in [0.5, 0.6) is 0 Å². The molecule has 1 saturated heterocycles. The monoisotopic (exact) mass is 349 g/mol. The van der Waals surface area contributed by atoms with Crippen LogP contribution in [0.1, 0.15) is 27.9 Å². The van der Waals surface area contributed by atoms with Gasteiger partial charge in [-0.3, -0.25) is 9.69 Å². The lowest BCUT2D eigenvalue weighted by molar-refractivity contribution is 0.0162. The summed E-state index contributed by atoms with van der Waals surface area (Å²) in [6, 6.07) is 9.33. The second kappa shape index (κ2) is 7.79. The van der Waals surface area contributed by atoms with E-state index in [9.17, 15) is 4.79 Å². The molecule has 1 aliphatic heterocycles. The molecule has 1 fully saturated rings. The van der Waals surface area contributed by atoms with Gasteiger partial charge in [-0.05, 0) is 18.6 Å². The van der Waals surface area contributed by atoms with Crippen molar-refractivity contribution in [3.8, 4) is 0 Å². The minimum absolute atomic E-state index is 0.0143. The Balaban J connectivity index is 1.74. The smallest absolute Gasteiger partial charge is 0.273 e. The van der Waals surface area contributed by atoms with Gasteiger partial charge in [0.1, 0.15) is 5.76 Å². The Kier molecular flexibility index (Phi) is 5.50. The number of benzene rings is 1. The first-order chi connectivity index (χ1) is 11.6. The third kappa shape index (κ3) is 3.95. The number of halogens is 1. The van der Waals surface area contributed by atoms with Crippen LogP contribution in [0.2, 0.25) is 5.02 Å². The van der Waals surface area contributed by atoms with Crippen LogP contribution in [-0.2, 0) is 4.74 Å². The summed E-state index contributed by atoms with van der Waals surface area (Å²) in [7, 11) is 0. The van der Waals surface area contributed by atoms with Gasteiger partial charge in [0.15, 0.2) is 5.69 Å². The number of carbonyl (C=O) groups excluding carboxylic acids is 1. The quantitative estimate of drug-likeness (QED) is 0.898. The predicted molar refractivity (Wildman–Crippen MR) is 90.2 cm³/mol. The molecule has 0 aliphatic carbocycles. The van der Waals surface area contributed by atoms with Crippen molar-refractivity contribution in [1.82, 2.24) is 15.4 Å². The maximum atomic E-state index is 12.3. The lowest BCUT2D eigenvalue weighted by Gasteiger charge is -2.35. The first-order valence-electron chi connectivity index (χ1n) is 7.93. The van der Waals surface area contributed by atoms with Crippen molar-refractivity contribution in [1.29, 1.82) is 0 Å². The molecule has 2 heterocycles. The van der Waals surface area contributed by atoms with Gasteiger partial charge in [0.2, 0.25) is 0 Å². The van der Waals surface area contributed by atoms with Crippen molar-refractivity contribution in [2.45, 2.75) is 13.0 Å². The topological polar surface area (TPSA) is 67.6 Å². The third-order valence-electron chi connectivity index (χ3n) is 4.07. The molecule has 0 saturated carbocycles. The molecule has 1 atom stereocenters. The molecule has 1 unspecified atom stereocenters. The molecule has 1 N–H and O–H groups in total. The van der Waals surface area contributed by atoms with Crippen LogP contribution < -0.4 is 5.32 Å². The number of amides is 1. The predicted octanol–water partition coefficient (Wildman–Crippen LogP) is 2.44. The van der Waals surface area contributed by atoms with Gasteiger partial charge in [-0.25, -0.2) is 0 Å². The SMILES string of the molecule is Cc1cc(C(=O)NCC(c2ccccc2Cl)N2CCOCC2)no1. The molecule has 0 radical (unpaired) electrons. The van der Waals surface area contributed by atoms with E-state index < -0.39 is 0 Å². The summed E-state index contributed by atoms with van der Waals surface area (Å²) in [5.41, 5.74) is 1.28. The van der Waals surface area contributed by atoms with E-state index >= 15 is 0 Å². The molecule has 128 valence electrons. The summed E-state index contributed by atoms with van der Waals surface area (Å²) in [6.45, 7) is 5.15. The minimum Gasteiger partial charge on any atom is -0.379 e. The number of nitrogens with one attached hydrogen (secondary N) is 1. The summed E-state index contributed by atoms with van der Waals surface area (Å²) in [6.07, 6.45) is 0. The Morgan fingerprint density at radius 3 is 2.79 bits per heavy atom. The van der Waals surface area contributed by atoms with E-state index in [-0.39, 0.29) is 17.6 Å². The first kappa shape index (κ1) is 17.0. The van der Waals surface area contributed by atoms with Gasteiger partial charge in [-0.1, -0.05) is 35.0 Å². The fraction of sp³-hybridized carbons (Fsp3) is 0.412. The Hall–Kier alpha value is -1.89. The van der Waals surface area contributed by atoms with E-state index in [1.54, 1.807) is 13.0 Å². The van der Waals surface area contributed by atoms with Gasteiger partial charge in [0.05, 0.1) is 19.3 Å². The highest BCUT2D eigenvalue weighted by molar-refractivity contribution is 6.31. The van der Waals surface area contributed by atoms with Crippen LogP contribution in [0, 0.1) is 6.92 Å². The Morgan fingerprint density at radius 1 is 1.38 bits per heavy atom. The van der Waals surface area contributed by atoms with Gasteiger partial charge in [0, 0.05) is 30.7 Å². The third-order valence-corrected chi connectivity index (χ3v) is 4.41. The lowest BCUT2D eigenvalue weighted by atomic mass is 10.0. The van der Waals surface area contributed by atoms with Crippen molar-refractivity contribution < 1.29 is 14.1 Å². The van der Waals surface area contributed by atoms with Gasteiger partial charge >= 0.3 is 0 Å². The Bertz CT molecular complexity index is 698. The highest BCUT2D eigenvalue weighted by atomic mass is 35.5. The van der Waals surface area contributed by atoms with E-state index in [1.807, 2.05) is 24.3 Å². The minimum atomic E-state index is -0.253. The number of morpholine rings is 1. The van der Waals surface area contributed by atoms with Crippen LogP contribution >= 0.6 is 11.6 Å². The molecule has 1 aromatic heterocycles. The van der Waals surface area contributed by atoms with Crippen LogP contribution in [-0.4, -0.2) is 48.8 Å². The molecule has 0 bridgehead atoms. The molecular weight excluding hydrogens is 330 g/mol. The molecular formula is C17H20ClN3O3. The Morgan fingerprint density at radius 2 is 2.12 bits per heavy atom. The molecule has 2 aromatic rings. The van der Waals surface area contributed by atoms with Crippen molar-refractivity contribution in [3.63, 3.8) is 0 Å². The average Bonchev–Trinajstić information content (AvgIpc) is 3.04. The number of hydrogen-bond acceptors (Lipinski definition) is 5. The van der Waals surface area contributed by atoms with Gasteiger partial charge in [-0.15, -0.1) is 0 Å². The van der Waals surface area contributed by atoms with Gasteiger partial charge in [-0.2, -0.15) is 0 Å². The van der Waals surface area contributed by atoms with Crippen molar-refractivity contribution >= 4 is 17.5 Å². The maximum absolute atomic E-state index is 12.3. The fourth-order valence-electron chi connectivity index (χ4n) is 2.82. The fourth-order valence-corrected chi connectivity index (χ4v) is 3.09. The number of aryl methyl sites for hydroxylation is 1. The van der Waals surface area contributed by atoms with E-state index in [2.05, 4.69) is 15.4 Å². The Labute approximate surface area is 145 Å². The zero-order valence-electron chi connectivity index (χ0n) is 13.5. The number of rotatable bonds is 5. The van der Waals surface area contributed by atoms with Crippen LogP contribution in [0.3, 0.4) is 0 Å². The van der Waals surface area contributed by atoms with E-state index in [0.717, 1.165) is 18.7 Å². The number of ether oxygens (including phenoxy) is 1. The highest BCUT2D eigenvalue weighted by Crippen LogP contribution is 2.27. The van der Waals surface area contributed by atoms with Crippen molar-refractivity contribution in [2.24, 2.45) is 0 Å². The van der Waals surface area contributed by atoms with Crippen molar-refractivity contribution in [3.05, 3.63) is 52.4 Å². The van der Waals surface area contributed by atoms with Gasteiger partial charge in [0.25, 0.3) is 5.91 Å². The normalized spacial score (nSPS) is 16.8. The van der Waals surface area contributed by atoms with Crippen LogP contribution in [0.25, 0.3) is 0 Å². The molecule has 1 aromatic carbocycles. The number of nitrogens with zero attached hydrogens (tertiary/aromatic N) is 2. The van der Waals surface area contributed by atoms with E-state index in [0.29, 0.717) is 30.5 Å². The second-order valence-corrected chi connectivity index (χ2v) is 6.13. The molecule has 7 heteroatoms. The summed E-state index contributed by atoms with van der Waals surface area (Å²) in [5, 5.41) is 7.38. The number of hydrogen-bond donors (Lipinski definition) is 1. The molecule has 1 amide bonds. The van der Waals surface area contributed by atoms with Gasteiger partial charge < -0.3 is 14.6 Å². The zero-order valence-corrected chi connectivity index (χ0v) is 14.3. The summed E-state index contributed by atoms with van der Waals surface area (Å²) >= 11 is 6.38. The molecule has 6 nitrogen and oxygen atoms in total. The van der Waals surface area contributed by atoms with E-state index in [1.165, 1.54) is 0 Å². The lowest BCUT2D eigenvalue weighted by Crippen LogP contribution is -2.44. The summed E-state index contributed by atoms with van der Waals surface area (Å²) in [5.74, 6) is 0.355. The standard InChI is InChI=1S/C17H20ClN3O3/c1-12-10-15(20-24-12)17(22)19-11-16(21-6-8-23-9-7-21)13-4-2-3-5-14(13)18/h2-5,10,16H,6-9,11H2,1H3,(H,19,22). The summed E-state index contributed by atoms with van der Waals surface area (Å²) in [4.78, 5) is 14.5. The highest BCUT2D eigenvalue weighted by Gasteiger charge is 2.25. The largest absolute Gasteiger partial charge is 0.379 e. The van der Waals surface area contributed by atoms with Crippen molar-refractivity contribution in [2.75, 3.05) is 32.8 Å². The summed E-state index contributed by atoms with van der Waals surface area (Å²) < 4.78 is 10.4. The maximum Gasteiger partial charge on any atom is 0.273 e. The first-order valence-corrected chi connectivity index (χ1v) is 8.30. The average molecular weight is 350 g/mol. The molecule has 3 rings (SSSR count). The second-order valence-electron chi connectivity index (χ2n) is 5.72. The zero-order chi connectivity index (χ0) is 16.9. The van der Waals surface area contributed by atoms with Crippen LogP contribution in [0.4, 0.5) is 0 Å².